The fourth-order valence-electron chi connectivity index (χ4n) is 1.45. The van der Waals surface area contributed by atoms with Crippen LogP contribution in [0.2, 0.25) is 0 Å². The average Bonchev–Trinajstić information content (AvgIpc) is 2.27. The van der Waals surface area contributed by atoms with Gasteiger partial charge in [0.1, 0.15) is 0 Å². The molecule has 100 valence electrons. The molecule has 0 fully saturated rings. The molecule has 1 atom stereocenters. The van der Waals surface area contributed by atoms with Crippen molar-refractivity contribution in [3.8, 4) is 0 Å². The summed E-state index contributed by atoms with van der Waals surface area (Å²) in [5.74, 6) is 0.0295. The lowest BCUT2D eigenvalue weighted by atomic mass is 10.1. The maximum atomic E-state index is 11.9. The van der Waals surface area contributed by atoms with E-state index in [9.17, 15) is 4.79 Å². The van der Waals surface area contributed by atoms with Crippen molar-refractivity contribution in [3.63, 3.8) is 0 Å². The molecular weight excluding hydrogens is 246 g/mol. The maximum absolute atomic E-state index is 11.9. The Kier molecular flexibility index (Phi) is 5.23. The fourth-order valence-corrected chi connectivity index (χ4v) is 2.40. The summed E-state index contributed by atoms with van der Waals surface area (Å²) in [5.41, 5.74) is 0.655. The predicted octanol–water partition coefficient (Wildman–Crippen LogP) is 2.57. The lowest BCUT2D eigenvalue weighted by molar-refractivity contribution is -0.121. The van der Waals surface area contributed by atoms with Crippen LogP contribution in [-0.4, -0.2) is 21.8 Å². The molecule has 1 aromatic rings. The number of carbonyl (C=O) groups is 1. The molecule has 1 unspecified atom stereocenters. The largest absolute Gasteiger partial charge is 0.392 e. The van der Waals surface area contributed by atoms with Crippen molar-refractivity contribution in [1.82, 2.24) is 5.32 Å². The molecule has 18 heavy (non-hydrogen) atoms. The van der Waals surface area contributed by atoms with Gasteiger partial charge in [0.15, 0.2) is 0 Å². The Morgan fingerprint density at radius 2 is 2.11 bits per heavy atom. The first kappa shape index (κ1) is 15.1. The second-order valence-corrected chi connectivity index (χ2v) is 6.72. The summed E-state index contributed by atoms with van der Waals surface area (Å²) in [7, 11) is 0. The molecule has 1 aromatic carbocycles. The summed E-state index contributed by atoms with van der Waals surface area (Å²) in [6.07, 6.45) is 0. The van der Waals surface area contributed by atoms with Crippen LogP contribution in [0.25, 0.3) is 0 Å². The van der Waals surface area contributed by atoms with Gasteiger partial charge in [0.2, 0.25) is 5.91 Å². The van der Waals surface area contributed by atoms with Crippen molar-refractivity contribution in [2.45, 2.75) is 50.0 Å². The molecule has 0 spiro atoms. The van der Waals surface area contributed by atoms with E-state index in [2.05, 4.69) is 5.32 Å². The molecule has 0 saturated carbocycles. The molecule has 0 aliphatic rings. The summed E-state index contributed by atoms with van der Waals surface area (Å²) in [6, 6.07) is 7.61. The Hall–Kier alpha value is -1.00. The zero-order valence-electron chi connectivity index (χ0n) is 11.4. The Balaban J connectivity index is 2.63. The van der Waals surface area contributed by atoms with Crippen LogP contribution >= 0.6 is 11.8 Å². The van der Waals surface area contributed by atoms with Crippen molar-refractivity contribution in [1.29, 1.82) is 0 Å². The van der Waals surface area contributed by atoms with E-state index in [1.54, 1.807) is 0 Å². The van der Waals surface area contributed by atoms with Gasteiger partial charge < -0.3 is 10.4 Å². The molecule has 0 aromatic heterocycles. The van der Waals surface area contributed by atoms with E-state index in [-0.39, 0.29) is 23.3 Å². The third kappa shape index (κ3) is 5.10. The minimum Gasteiger partial charge on any atom is -0.392 e. The highest BCUT2D eigenvalue weighted by Gasteiger charge is 2.19. The third-order valence-corrected chi connectivity index (χ3v) is 3.36. The van der Waals surface area contributed by atoms with E-state index in [4.69, 9.17) is 5.11 Å². The number of hydrogen-bond donors (Lipinski definition) is 2. The van der Waals surface area contributed by atoms with Crippen LogP contribution in [0.5, 0.6) is 0 Å². The van der Waals surface area contributed by atoms with Crippen LogP contribution in [0.4, 0.5) is 0 Å². The van der Waals surface area contributed by atoms with Crippen LogP contribution in [0.1, 0.15) is 33.3 Å². The van der Waals surface area contributed by atoms with E-state index < -0.39 is 0 Å². The van der Waals surface area contributed by atoms with Gasteiger partial charge in [-0.05, 0) is 45.4 Å². The van der Waals surface area contributed by atoms with Gasteiger partial charge in [0.05, 0.1) is 11.9 Å². The number of aliphatic hydroxyl groups excluding tert-OH is 1. The lowest BCUT2D eigenvalue weighted by Gasteiger charge is -2.23. The molecule has 0 heterocycles. The highest BCUT2D eigenvalue weighted by Crippen LogP contribution is 2.24. The topological polar surface area (TPSA) is 49.3 Å². The summed E-state index contributed by atoms with van der Waals surface area (Å²) in [5, 5.41) is 11.9. The van der Waals surface area contributed by atoms with E-state index in [0.29, 0.717) is 0 Å². The van der Waals surface area contributed by atoms with Crippen molar-refractivity contribution in [3.05, 3.63) is 29.8 Å². The Labute approximate surface area is 113 Å². The van der Waals surface area contributed by atoms with Crippen molar-refractivity contribution in [2.24, 2.45) is 0 Å². The first-order valence-corrected chi connectivity index (χ1v) is 6.88. The number of nitrogens with one attached hydrogen (secondary N) is 1. The lowest BCUT2D eigenvalue weighted by Crippen LogP contribution is -2.44. The quantitative estimate of drug-likeness (QED) is 0.824. The smallest absolute Gasteiger partial charge is 0.233 e. The second-order valence-electron chi connectivity index (χ2n) is 5.30. The average molecular weight is 267 g/mol. The molecule has 2 N–H and O–H groups in total. The van der Waals surface area contributed by atoms with Gasteiger partial charge in [-0.15, -0.1) is 11.8 Å². The predicted molar refractivity (Wildman–Crippen MR) is 75.6 cm³/mol. The molecular formula is C14H21NO2S. The molecule has 0 bridgehead atoms. The molecule has 3 nitrogen and oxygen atoms in total. The number of hydrogen-bond acceptors (Lipinski definition) is 3. The minimum absolute atomic E-state index is 0.0248. The van der Waals surface area contributed by atoms with Gasteiger partial charge in [0, 0.05) is 10.4 Å². The van der Waals surface area contributed by atoms with Crippen LogP contribution in [-0.2, 0) is 11.4 Å². The van der Waals surface area contributed by atoms with Gasteiger partial charge in [-0.2, -0.15) is 0 Å². The second kappa shape index (κ2) is 6.25. The van der Waals surface area contributed by atoms with Gasteiger partial charge in [-0.25, -0.2) is 0 Å². The summed E-state index contributed by atoms with van der Waals surface area (Å²) >= 11 is 1.50. The van der Waals surface area contributed by atoms with E-state index in [1.807, 2.05) is 52.0 Å². The van der Waals surface area contributed by atoms with Crippen LogP contribution < -0.4 is 5.32 Å². The summed E-state index contributed by atoms with van der Waals surface area (Å²) in [4.78, 5) is 12.9. The molecule has 0 saturated heterocycles. The zero-order chi connectivity index (χ0) is 13.8. The minimum atomic E-state index is -0.209. The van der Waals surface area contributed by atoms with Gasteiger partial charge in [-0.3, -0.25) is 4.79 Å². The number of benzene rings is 1. The van der Waals surface area contributed by atoms with Gasteiger partial charge in [0.25, 0.3) is 0 Å². The van der Waals surface area contributed by atoms with Crippen molar-refractivity contribution < 1.29 is 9.90 Å². The SMILES string of the molecule is CC(Sc1cccc(CO)c1)C(=O)NC(C)(C)C. The number of amides is 1. The first-order chi connectivity index (χ1) is 8.31. The highest BCUT2D eigenvalue weighted by atomic mass is 32.2. The van der Waals surface area contributed by atoms with E-state index in [0.717, 1.165) is 10.5 Å². The molecule has 4 heteroatoms. The van der Waals surface area contributed by atoms with Gasteiger partial charge >= 0.3 is 0 Å². The number of rotatable bonds is 4. The number of carbonyl (C=O) groups excluding carboxylic acids is 1. The zero-order valence-corrected chi connectivity index (χ0v) is 12.2. The highest BCUT2D eigenvalue weighted by molar-refractivity contribution is 8.00. The monoisotopic (exact) mass is 267 g/mol. The van der Waals surface area contributed by atoms with Crippen LogP contribution in [0, 0.1) is 0 Å². The van der Waals surface area contributed by atoms with Crippen molar-refractivity contribution in [2.75, 3.05) is 0 Å². The Morgan fingerprint density at radius 3 is 2.67 bits per heavy atom. The van der Waals surface area contributed by atoms with E-state index >= 15 is 0 Å². The van der Waals surface area contributed by atoms with Crippen LogP contribution in [0.15, 0.2) is 29.2 Å². The molecule has 0 aliphatic heterocycles. The Morgan fingerprint density at radius 1 is 1.44 bits per heavy atom. The molecule has 0 aliphatic carbocycles. The summed E-state index contributed by atoms with van der Waals surface area (Å²) < 4.78 is 0. The Bertz CT molecular complexity index is 413. The van der Waals surface area contributed by atoms with E-state index in [1.165, 1.54) is 11.8 Å². The van der Waals surface area contributed by atoms with Gasteiger partial charge in [-0.1, -0.05) is 12.1 Å². The number of thioether (sulfide) groups is 1. The summed E-state index contributed by atoms with van der Waals surface area (Å²) in [6.45, 7) is 7.81. The number of aliphatic hydroxyl groups is 1. The molecule has 1 amide bonds. The standard InChI is InChI=1S/C14H21NO2S/c1-10(13(17)15-14(2,3)4)18-12-7-5-6-11(8-12)9-16/h5-8,10,16H,9H2,1-4H3,(H,15,17). The first-order valence-electron chi connectivity index (χ1n) is 6.00. The fraction of sp³-hybridized carbons (Fsp3) is 0.500. The molecule has 1 rings (SSSR count). The third-order valence-electron chi connectivity index (χ3n) is 2.26. The maximum Gasteiger partial charge on any atom is 0.233 e. The van der Waals surface area contributed by atoms with Crippen molar-refractivity contribution >= 4 is 17.7 Å². The normalized spacial score (nSPS) is 13.2. The van der Waals surface area contributed by atoms with Crippen LogP contribution in [0.3, 0.4) is 0 Å². The molecule has 0 radical (unpaired) electrons.